The number of anilines is 1. The molecule has 0 aliphatic carbocycles. The molecule has 0 radical (unpaired) electrons. The first-order valence-corrected chi connectivity index (χ1v) is 8.39. The first-order valence-electron chi connectivity index (χ1n) is 7.51. The maximum absolute atomic E-state index is 5.40. The summed E-state index contributed by atoms with van der Waals surface area (Å²) in [6.45, 7) is 5.57. The van der Waals surface area contributed by atoms with Crippen molar-refractivity contribution >= 4 is 16.5 Å². The Labute approximate surface area is 128 Å². The van der Waals surface area contributed by atoms with Gasteiger partial charge in [0.2, 0.25) is 0 Å². The highest BCUT2D eigenvalue weighted by Gasteiger charge is 2.16. The van der Waals surface area contributed by atoms with Gasteiger partial charge >= 0.3 is 0 Å². The third-order valence-electron chi connectivity index (χ3n) is 4.16. The minimum absolute atomic E-state index is 0.806. The van der Waals surface area contributed by atoms with Crippen molar-refractivity contribution in [3.63, 3.8) is 0 Å². The Morgan fingerprint density at radius 3 is 3.00 bits per heavy atom. The molecule has 0 bridgehead atoms. The monoisotopic (exact) mass is 301 g/mol. The number of thiazole rings is 1. The van der Waals surface area contributed by atoms with Gasteiger partial charge in [0.05, 0.1) is 18.9 Å². The van der Waals surface area contributed by atoms with Crippen LogP contribution in [0.3, 0.4) is 0 Å². The SMILES string of the molecule is c1cc2c(cc1-c1csc(N3CCOCC3)n1)CCNC2. The van der Waals surface area contributed by atoms with Crippen molar-refractivity contribution in [3.8, 4) is 11.3 Å². The second-order valence-electron chi connectivity index (χ2n) is 5.53. The van der Waals surface area contributed by atoms with E-state index in [1.807, 2.05) is 0 Å². The van der Waals surface area contributed by atoms with Crippen LogP contribution in [0.15, 0.2) is 23.6 Å². The number of nitrogens with zero attached hydrogens (tertiary/aromatic N) is 2. The molecular formula is C16H19N3OS. The van der Waals surface area contributed by atoms with E-state index in [1.54, 1.807) is 11.3 Å². The van der Waals surface area contributed by atoms with Crippen LogP contribution >= 0.6 is 11.3 Å². The van der Waals surface area contributed by atoms with E-state index < -0.39 is 0 Å². The summed E-state index contributed by atoms with van der Waals surface area (Å²) in [6, 6.07) is 6.75. The molecular weight excluding hydrogens is 282 g/mol. The molecule has 0 amide bonds. The van der Waals surface area contributed by atoms with E-state index in [9.17, 15) is 0 Å². The van der Waals surface area contributed by atoms with Crippen LogP contribution in [-0.4, -0.2) is 37.8 Å². The Balaban J connectivity index is 1.60. The highest BCUT2D eigenvalue weighted by molar-refractivity contribution is 7.14. The second-order valence-corrected chi connectivity index (χ2v) is 6.36. The van der Waals surface area contributed by atoms with Crippen molar-refractivity contribution in [1.29, 1.82) is 0 Å². The molecule has 2 aliphatic rings. The highest BCUT2D eigenvalue weighted by atomic mass is 32.1. The molecule has 1 saturated heterocycles. The molecule has 1 fully saturated rings. The van der Waals surface area contributed by atoms with Crippen molar-refractivity contribution in [2.24, 2.45) is 0 Å². The van der Waals surface area contributed by atoms with Gasteiger partial charge in [-0.3, -0.25) is 0 Å². The standard InChI is InChI=1S/C16H19N3OS/c1-2-14-10-17-4-3-12(14)9-13(1)15-11-21-16(18-15)19-5-7-20-8-6-19/h1-2,9,11,17H,3-8,10H2. The summed E-state index contributed by atoms with van der Waals surface area (Å²) >= 11 is 1.74. The molecule has 1 aromatic carbocycles. The molecule has 0 saturated carbocycles. The van der Waals surface area contributed by atoms with E-state index in [0.717, 1.165) is 56.6 Å². The fourth-order valence-electron chi connectivity index (χ4n) is 2.93. The smallest absolute Gasteiger partial charge is 0.186 e. The second kappa shape index (κ2) is 5.75. The highest BCUT2D eigenvalue weighted by Crippen LogP contribution is 2.29. The van der Waals surface area contributed by atoms with E-state index >= 15 is 0 Å². The summed E-state index contributed by atoms with van der Waals surface area (Å²) in [5.74, 6) is 0. The van der Waals surface area contributed by atoms with Crippen LogP contribution in [0.4, 0.5) is 5.13 Å². The number of hydrogen-bond donors (Lipinski definition) is 1. The van der Waals surface area contributed by atoms with Gasteiger partial charge in [0.1, 0.15) is 0 Å². The van der Waals surface area contributed by atoms with E-state index in [2.05, 4.69) is 33.8 Å². The summed E-state index contributed by atoms with van der Waals surface area (Å²) in [5.41, 5.74) is 5.23. The summed E-state index contributed by atoms with van der Waals surface area (Å²) in [7, 11) is 0. The number of rotatable bonds is 2. The Morgan fingerprint density at radius 2 is 2.10 bits per heavy atom. The lowest BCUT2D eigenvalue weighted by Crippen LogP contribution is -2.36. The largest absolute Gasteiger partial charge is 0.378 e. The van der Waals surface area contributed by atoms with Crippen molar-refractivity contribution in [2.75, 3.05) is 37.7 Å². The molecule has 3 heterocycles. The number of morpholine rings is 1. The minimum Gasteiger partial charge on any atom is -0.378 e. The summed E-state index contributed by atoms with van der Waals surface area (Å²) < 4.78 is 5.40. The van der Waals surface area contributed by atoms with Crippen LogP contribution in [-0.2, 0) is 17.7 Å². The van der Waals surface area contributed by atoms with E-state index in [0.29, 0.717) is 0 Å². The lowest BCUT2D eigenvalue weighted by atomic mass is 9.98. The fraction of sp³-hybridized carbons (Fsp3) is 0.438. The van der Waals surface area contributed by atoms with Crippen LogP contribution in [0.1, 0.15) is 11.1 Å². The van der Waals surface area contributed by atoms with Crippen LogP contribution < -0.4 is 10.2 Å². The molecule has 4 nitrogen and oxygen atoms in total. The van der Waals surface area contributed by atoms with Gasteiger partial charge < -0.3 is 15.0 Å². The molecule has 5 heteroatoms. The van der Waals surface area contributed by atoms with E-state index in [4.69, 9.17) is 9.72 Å². The average Bonchev–Trinajstić information content (AvgIpc) is 3.05. The lowest BCUT2D eigenvalue weighted by Gasteiger charge is -2.26. The third-order valence-corrected chi connectivity index (χ3v) is 5.06. The molecule has 2 aliphatic heterocycles. The first-order chi connectivity index (χ1) is 10.4. The number of benzene rings is 1. The number of hydrogen-bond acceptors (Lipinski definition) is 5. The summed E-state index contributed by atoms with van der Waals surface area (Å²) in [4.78, 5) is 7.15. The maximum Gasteiger partial charge on any atom is 0.186 e. The predicted molar refractivity (Wildman–Crippen MR) is 86.0 cm³/mol. The number of nitrogens with one attached hydrogen (secondary N) is 1. The molecule has 0 unspecified atom stereocenters. The van der Waals surface area contributed by atoms with Crippen molar-refractivity contribution in [1.82, 2.24) is 10.3 Å². The van der Waals surface area contributed by atoms with E-state index in [1.165, 1.54) is 16.7 Å². The van der Waals surface area contributed by atoms with Gasteiger partial charge in [-0.25, -0.2) is 4.98 Å². The molecule has 4 rings (SSSR count). The predicted octanol–water partition coefficient (Wildman–Crippen LogP) is 2.29. The van der Waals surface area contributed by atoms with Crippen LogP contribution in [0.5, 0.6) is 0 Å². The van der Waals surface area contributed by atoms with E-state index in [-0.39, 0.29) is 0 Å². The van der Waals surface area contributed by atoms with Crippen molar-refractivity contribution in [3.05, 3.63) is 34.7 Å². The van der Waals surface area contributed by atoms with Gasteiger partial charge in [-0.15, -0.1) is 11.3 Å². The molecule has 2 aromatic rings. The zero-order valence-corrected chi connectivity index (χ0v) is 12.8. The maximum atomic E-state index is 5.40. The molecule has 110 valence electrons. The molecule has 1 aromatic heterocycles. The average molecular weight is 301 g/mol. The van der Waals surface area contributed by atoms with Gasteiger partial charge in [0.15, 0.2) is 5.13 Å². The summed E-state index contributed by atoms with van der Waals surface area (Å²) in [6.07, 6.45) is 1.11. The zero-order valence-electron chi connectivity index (χ0n) is 12.0. The third kappa shape index (κ3) is 2.69. The van der Waals surface area contributed by atoms with Crippen LogP contribution in [0.25, 0.3) is 11.3 Å². The molecule has 0 spiro atoms. The Morgan fingerprint density at radius 1 is 1.19 bits per heavy atom. The molecule has 21 heavy (non-hydrogen) atoms. The van der Waals surface area contributed by atoms with Gasteiger partial charge in [-0.05, 0) is 30.2 Å². The summed E-state index contributed by atoms with van der Waals surface area (Å²) in [5, 5.41) is 6.71. The van der Waals surface area contributed by atoms with Gasteiger partial charge in [-0.1, -0.05) is 12.1 Å². The number of fused-ring (bicyclic) bond motifs is 1. The fourth-order valence-corrected chi connectivity index (χ4v) is 3.82. The number of aromatic nitrogens is 1. The van der Waals surface area contributed by atoms with Crippen molar-refractivity contribution in [2.45, 2.75) is 13.0 Å². The quantitative estimate of drug-likeness (QED) is 0.923. The molecule has 1 N–H and O–H groups in total. The lowest BCUT2D eigenvalue weighted by molar-refractivity contribution is 0.122. The van der Waals surface area contributed by atoms with Gasteiger partial charge in [0.25, 0.3) is 0 Å². The minimum atomic E-state index is 0.806. The Kier molecular flexibility index (Phi) is 3.63. The first kappa shape index (κ1) is 13.2. The zero-order chi connectivity index (χ0) is 14.1. The Bertz CT molecular complexity index is 634. The van der Waals surface area contributed by atoms with Gasteiger partial charge in [0, 0.05) is 30.6 Å². The molecule has 0 atom stereocenters. The van der Waals surface area contributed by atoms with Crippen molar-refractivity contribution < 1.29 is 4.74 Å². The number of ether oxygens (including phenoxy) is 1. The normalized spacial score (nSPS) is 18.6. The van der Waals surface area contributed by atoms with Crippen LogP contribution in [0, 0.1) is 0 Å². The van der Waals surface area contributed by atoms with Crippen LogP contribution in [0.2, 0.25) is 0 Å². The Hall–Kier alpha value is -1.43. The van der Waals surface area contributed by atoms with Gasteiger partial charge in [-0.2, -0.15) is 0 Å². The topological polar surface area (TPSA) is 37.4 Å².